The quantitative estimate of drug-likeness (QED) is 0.0436. The van der Waals surface area contributed by atoms with Crippen molar-refractivity contribution in [2.45, 2.75) is 37.7 Å². The second kappa shape index (κ2) is 16.8. The molecule has 0 spiro atoms. The highest BCUT2D eigenvalue weighted by Crippen LogP contribution is 2.59. The molecule has 12 heteroatoms. The normalized spacial score (nSPS) is 12.3. The minimum absolute atomic E-state index is 0.0139. The van der Waals surface area contributed by atoms with E-state index in [-0.39, 0.29) is 30.4 Å². The molecule has 1 unspecified atom stereocenters. The van der Waals surface area contributed by atoms with E-state index in [0.717, 1.165) is 5.56 Å². The lowest BCUT2D eigenvalue weighted by Crippen LogP contribution is -2.48. The van der Waals surface area contributed by atoms with Gasteiger partial charge in [-0.1, -0.05) is 91.0 Å². The lowest BCUT2D eigenvalue weighted by molar-refractivity contribution is -0.123. The van der Waals surface area contributed by atoms with Crippen LogP contribution in [0.2, 0.25) is 0 Å². The van der Waals surface area contributed by atoms with Gasteiger partial charge in [-0.2, -0.15) is 0 Å². The average Bonchev–Trinajstić information content (AvgIpc) is 3.07. The van der Waals surface area contributed by atoms with Crippen LogP contribution in [0.5, 0.6) is 11.5 Å². The van der Waals surface area contributed by atoms with Crippen molar-refractivity contribution in [3.8, 4) is 11.5 Å². The van der Waals surface area contributed by atoms with Gasteiger partial charge in [-0.15, -0.1) is 0 Å². The van der Waals surface area contributed by atoms with Gasteiger partial charge in [0.15, 0.2) is 5.78 Å². The molecular weight excluding hydrogens is 605 g/mol. The Balaban J connectivity index is 1.67. The molecule has 0 aliphatic rings. The number of para-hydroxylation sites is 2. The number of nitrogens with two attached hydrogens (primary N) is 2. The lowest BCUT2D eigenvalue weighted by atomic mass is 10.1. The standard InChI is InChI=1S/C34H38N5O6P/c35-23-11-10-18-30(38-34(41)43-24-25-12-4-1-5-13-25)32(40)39-33(27-21-19-26(20-22-27)31(36)37)46(42,44-28-14-6-2-7-15-28)45-29-16-8-3-9-17-29/h1-9,12-17,19-22,30,33H,10-11,18,23-24,35H2,(H3,36,37)(H,38,41)(H,39,40)/t30-,33?/m0/s1. The summed E-state index contributed by atoms with van der Waals surface area (Å²) in [6.07, 6.45) is 0.601. The summed E-state index contributed by atoms with van der Waals surface area (Å²) < 4.78 is 32.4. The van der Waals surface area contributed by atoms with Gasteiger partial charge in [0, 0.05) is 5.56 Å². The van der Waals surface area contributed by atoms with Crippen LogP contribution < -0.4 is 31.1 Å². The predicted molar refractivity (Wildman–Crippen MR) is 177 cm³/mol. The maximum atomic E-state index is 14.9. The summed E-state index contributed by atoms with van der Waals surface area (Å²) in [5.41, 5.74) is 12.9. The number of nitrogen functional groups attached to an aromatic ring is 1. The highest BCUT2D eigenvalue weighted by molar-refractivity contribution is 7.55. The van der Waals surface area contributed by atoms with Gasteiger partial charge in [-0.25, -0.2) is 9.36 Å². The monoisotopic (exact) mass is 643 g/mol. The molecule has 0 aromatic heterocycles. The molecule has 46 heavy (non-hydrogen) atoms. The van der Waals surface area contributed by atoms with Crippen molar-refractivity contribution in [3.63, 3.8) is 0 Å². The molecule has 0 aliphatic carbocycles. The molecule has 0 saturated heterocycles. The second-order valence-electron chi connectivity index (χ2n) is 10.3. The Labute approximate surface area is 268 Å². The first-order valence-corrected chi connectivity index (χ1v) is 16.4. The molecule has 0 bridgehead atoms. The highest BCUT2D eigenvalue weighted by Gasteiger charge is 2.43. The summed E-state index contributed by atoms with van der Waals surface area (Å²) in [6, 6.07) is 31.3. The van der Waals surface area contributed by atoms with E-state index in [1.807, 2.05) is 30.3 Å². The largest absolute Gasteiger partial charge is 0.457 e. The van der Waals surface area contributed by atoms with Crippen molar-refractivity contribution in [1.82, 2.24) is 10.6 Å². The van der Waals surface area contributed by atoms with Crippen molar-refractivity contribution in [3.05, 3.63) is 132 Å². The lowest BCUT2D eigenvalue weighted by Gasteiger charge is -2.30. The smallest absolute Gasteiger partial charge is 0.445 e. The van der Waals surface area contributed by atoms with Gasteiger partial charge in [0.1, 0.15) is 30.0 Å². The number of hydrogen-bond acceptors (Lipinski definition) is 8. The summed E-state index contributed by atoms with van der Waals surface area (Å²) in [5, 5.41) is 13.3. The molecule has 2 amide bonds. The van der Waals surface area contributed by atoms with Crippen LogP contribution in [0.4, 0.5) is 4.79 Å². The van der Waals surface area contributed by atoms with Crippen LogP contribution in [0, 0.1) is 5.41 Å². The van der Waals surface area contributed by atoms with E-state index in [1.165, 1.54) is 0 Å². The van der Waals surface area contributed by atoms with Crippen molar-refractivity contribution in [2.24, 2.45) is 11.5 Å². The van der Waals surface area contributed by atoms with Gasteiger partial charge in [0.2, 0.25) is 5.91 Å². The van der Waals surface area contributed by atoms with Crippen LogP contribution in [-0.2, 0) is 20.7 Å². The molecule has 4 aromatic rings. The van der Waals surface area contributed by atoms with E-state index < -0.39 is 31.4 Å². The topological polar surface area (TPSA) is 179 Å². The molecule has 0 saturated carbocycles. The van der Waals surface area contributed by atoms with E-state index in [4.69, 9.17) is 30.7 Å². The number of amidine groups is 1. The third kappa shape index (κ3) is 9.95. The van der Waals surface area contributed by atoms with E-state index in [0.29, 0.717) is 30.5 Å². The number of unbranched alkanes of at least 4 members (excludes halogenated alkanes) is 1. The number of carbonyl (C=O) groups excluding carboxylic acids is 2. The maximum absolute atomic E-state index is 14.9. The zero-order chi connectivity index (χ0) is 32.8. The number of rotatable bonds is 16. The summed E-state index contributed by atoms with van der Waals surface area (Å²) in [4.78, 5) is 26.8. The Bertz CT molecular complexity index is 1560. The van der Waals surface area contributed by atoms with E-state index >= 15 is 0 Å². The van der Waals surface area contributed by atoms with Crippen LogP contribution in [0.3, 0.4) is 0 Å². The third-order valence-electron chi connectivity index (χ3n) is 6.85. The molecule has 240 valence electrons. The summed E-state index contributed by atoms with van der Waals surface area (Å²) in [7, 11) is -4.33. The first-order valence-electron chi connectivity index (χ1n) is 14.8. The summed E-state index contributed by atoms with van der Waals surface area (Å²) >= 11 is 0. The van der Waals surface area contributed by atoms with Gasteiger partial charge in [0.25, 0.3) is 0 Å². The van der Waals surface area contributed by atoms with Crippen molar-refractivity contribution in [2.75, 3.05) is 6.54 Å². The van der Waals surface area contributed by atoms with Crippen LogP contribution >= 0.6 is 7.60 Å². The zero-order valence-corrected chi connectivity index (χ0v) is 26.1. The third-order valence-corrected chi connectivity index (χ3v) is 8.84. The van der Waals surface area contributed by atoms with Gasteiger partial charge < -0.3 is 35.9 Å². The summed E-state index contributed by atoms with van der Waals surface area (Å²) in [6.45, 7) is 0.420. The molecule has 4 rings (SSSR count). The minimum atomic E-state index is -4.33. The molecule has 11 nitrogen and oxygen atoms in total. The number of benzene rings is 4. The number of ether oxygens (including phenoxy) is 1. The number of nitrogens with one attached hydrogen (secondary N) is 3. The fourth-order valence-electron chi connectivity index (χ4n) is 4.47. The van der Waals surface area contributed by atoms with E-state index in [1.54, 1.807) is 84.9 Å². The predicted octanol–water partition coefficient (Wildman–Crippen LogP) is 5.86. The van der Waals surface area contributed by atoms with Crippen molar-refractivity contribution in [1.29, 1.82) is 5.41 Å². The fraction of sp³-hybridized carbons (Fsp3) is 0.206. The first kappa shape index (κ1) is 33.8. The molecule has 2 atom stereocenters. The van der Waals surface area contributed by atoms with Gasteiger partial charge in [-0.3, -0.25) is 10.2 Å². The number of amides is 2. The molecule has 4 aromatic carbocycles. The molecule has 0 aliphatic heterocycles. The van der Waals surface area contributed by atoms with Gasteiger partial charge in [0.05, 0.1) is 0 Å². The number of carbonyl (C=O) groups is 2. The van der Waals surface area contributed by atoms with Crippen LogP contribution in [0.1, 0.15) is 41.7 Å². The number of alkyl carbamates (subject to hydrolysis) is 1. The van der Waals surface area contributed by atoms with Crippen LogP contribution in [0.25, 0.3) is 0 Å². The van der Waals surface area contributed by atoms with Crippen molar-refractivity contribution >= 4 is 25.4 Å². The Hall–Kier alpha value is -5.12. The maximum Gasteiger partial charge on any atom is 0.457 e. The summed E-state index contributed by atoms with van der Waals surface area (Å²) in [5.74, 6) is -1.63. The Morgan fingerprint density at radius 3 is 1.83 bits per heavy atom. The fourth-order valence-corrected chi connectivity index (χ4v) is 6.38. The SMILES string of the molecule is N=C(N)c1ccc(C(NC(=O)[C@H](CCCCN)NC(=O)OCc2ccccc2)P(=O)(Oc2ccccc2)Oc2ccccc2)cc1. The Kier molecular flexibility index (Phi) is 12.3. The average molecular weight is 644 g/mol. The molecule has 0 fully saturated rings. The van der Waals surface area contributed by atoms with E-state index in [2.05, 4.69) is 10.6 Å². The highest BCUT2D eigenvalue weighted by atomic mass is 31.2. The van der Waals surface area contributed by atoms with Crippen LogP contribution in [0.15, 0.2) is 115 Å². The molecular formula is C34H38N5O6P. The zero-order valence-electron chi connectivity index (χ0n) is 25.2. The minimum Gasteiger partial charge on any atom is -0.445 e. The van der Waals surface area contributed by atoms with Crippen LogP contribution in [-0.4, -0.2) is 30.4 Å². The number of hydrogen-bond donors (Lipinski definition) is 5. The molecule has 7 N–H and O–H groups in total. The first-order chi connectivity index (χ1) is 22.3. The Morgan fingerprint density at radius 1 is 0.761 bits per heavy atom. The molecule has 0 heterocycles. The van der Waals surface area contributed by atoms with Gasteiger partial charge >= 0.3 is 13.7 Å². The second-order valence-corrected chi connectivity index (χ2v) is 12.3. The van der Waals surface area contributed by atoms with Crippen molar-refractivity contribution < 1.29 is 27.9 Å². The van der Waals surface area contributed by atoms with E-state index in [9.17, 15) is 14.2 Å². The Morgan fingerprint density at radius 2 is 1.30 bits per heavy atom. The molecule has 0 radical (unpaired) electrons. The van der Waals surface area contributed by atoms with Gasteiger partial charge in [-0.05, 0) is 61.2 Å².